The van der Waals surface area contributed by atoms with Crippen molar-refractivity contribution in [1.29, 1.82) is 0 Å². The van der Waals surface area contributed by atoms with Crippen LogP contribution in [0, 0.1) is 11.6 Å². The number of carbonyl (C=O) groups is 1. The van der Waals surface area contributed by atoms with E-state index in [4.69, 9.17) is 11.6 Å². The van der Waals surface area contributed by atoms with Crippen molar-refractivity contribution < 1.29 is 13.6 Å². The molecule has 0 unspecified atom stereocenters. The highest BCUT2D eigenvalue weighted by Crippen LogP contribution is 2.21. The zero-order chi connectivity index (χ0) is 15.9. The van der Waals surface area contributed by atoms with Gasteiger partial charge in [0.1, 0.15) is 0 Å². The fourth-order valence-corrected chi connectivity index (χ4v) is 2.83. The molecule has 0 aliphatic heterocycles. The first-order chi connectivity index (χ1) is 10.6. The second-order valence-electron chi connectivity index (χ2n) is 4.54. The lowest BCUT2D eigenvalue weighted by atomic mass is 10.2. The molecule has 0 aliphatic rings. The van der Waals surface area contributed by atoms with E-state index in [0.29, 0.717) is 22.2 Å². The average molecular weight is 342 g/mol. The Kier molecular flexibility index (Phi) is 6.21. The summed E-state index contributed by atoms with van der Waals surface area (Å²) in [6.07, 6.45) is 0.286. The maximum absolute atomic E-state index is 13.0. The summed E-state index contributed by atoms with van der Waals surface area (Å²) in [6.45, 7) is 0.369. The van der Waals surface area contributed by atoms with Gasteiger partial charge in [-0.1, -0.05) is 29.8 Å². The number of rotatable bonds is 6. The van der Waals surface area contributed by atoms with Crippen molar-refractivity contribution >= 4 is 29.3 Å². The highest BCUT2D eigenvalue weighted by Gasteiger charge is 2.06. The summed E-state index contributed by atoms with van der Waals surface area (Å²) in [4.78, 5) is 12.3. The van der Waals surface area contributed by atoms with Crippen LogP contribution < -0.4 is 5.32 Å². The molecule has 0 radical (unpaired) electrons. The molecule has 0 atom stereocenters. The van der Waals surface area contributed by atoms with Crippen LogP contribution in [0.2, 0.25) is 5.02 Å². The summed E-state index contributed by atoms with van der Waals surface area (Å²) in [5, 5.41) is 3.39. The fourth-order valence-electron chi connectivity index (χ4n) is 1.75. The molecule has 22 heavy (non-hydrogen) atoms. The standard InChI is InChI=1S/C16H14ClF2NOS/c17-13-4-2-1-3-11(13)10-20-16(21)7-8-22-12-5-6-14(18)15(19)9-12/h1-6,9H,7-8,10H2,(H,20,21). The molecule has 0 aromatic heterocycles. The number of hydrogen-bond acceptors (Lipinski definition) is 2. The molecule has 116 valence electrons. The second-order valence-corrected chi connectivity index (χ2v) is 6.12. The predicted molar refractivity (Wildman–Crippen MR) is 85.0 cm³/mol. The number of benzene rings is 2. The predicted octanol–water partition coefficient (Wildman–Crippen LogP) is 4.42. The molecule has 0 spiro atoms. The van der Waals surface area contributed by atoms with E-state index in [1.807, 2.05) is 18.2 Å². The molecule has 2 rings (SSSR count). The van der Waals surface area contributed by atoms with Crippen LogP contribution in [0.3, 0.4) is 0 Å². The maximum Gasteiger partial charge on any atom is 0.221 e. The molecule has 6 heteroatoms. The van der Waals surface area contributed by atoms with E-state index in [-0.39, 0.29) is 12.3 Å². The Balaban J connectivity index is 1.74. The van der Waals surface area contributed by atoms with Crippen molar-refractivity contribution in [2.75, 3.05) is 5.75 Å². The summed E-state index contributed by atoms with van der Waals surface area (Å²) in [5.41, 5.74) is 0.853. The lowest BCUT2D eigenvalue weighted by Crippen LogP contribution is -2.23. The average Bonchev–Trinajstić information content (AvgIpc) is 2.50. The van der Waals surface area contributed by atoms with Crippen molar-refractivity contribution in [3.63, 3.8) is 0 Å². The van der Waals surface area contributed by atoms with E-state index in [1.54, 1.807) is 6.07 Å². The van der Waals surface area contributed by atoms with Crippen LogP contribution in [-0.4, -0.2) is 11.7 Å². The third-order valence-electron chi connectivity index (χ3n) is 2.92. The highest BCUT2D eigenvalue weighted by molar-refractivity contribution is 7.99. The molecular weight excluding hydrogens is 328 g/mol. The first kappa shape index (κ1) is 16.8. The van der Waals surface area contributed by atoms with Crippen LogP contribution in [0.1, 0.15) is 12.0 Å². The Bertz CT molecular complexity index is 666. The number of halogens is 3. The van der Waals surface area contributed by atoms with Gasteiger partial charge in [-0.3, -0.25) is 4.79 Å². The van der Waals surface area contributed by atoms with Gasteiger partial charge in [0, 0.05) is 28.6 Å². The lowest BCUT2D eigenvalue weighted by Gasteiger charge is -2.07. The van der Waals surface area contributed by atoms with E-state index in [0.717, 1.165) is 17.7 Å². The van der Waals surface area contributed by atoms with E-state index in [9.17, 15) is 13.6 Å². The van der Waals surface area contributed by atoms with Crippen LogP contribution in [0.5, 0.6) is 0 Å². The number of carbonyl (C=O) groups excluding carboxylic acids is 1. The van der Waals surface area contributed by atoms with Crippen molar-refractivity contribution in [2.24, 2.45) is 0 Å². The molecule has 2 nitrogen and oxygen atoms in total. The molecule has 0 fully saturated rings. The first-order valence-electron chi connectivity index (χ1n) is 6.64. The Morgan fingerprint density at radius 3 is 2.64 bits per heavy atom. The molecule has 2 aromatic carbocycles. The van der Waals surface area contributed by atoms with Gasteiger partial charge < -0.3 is 5.32 Å². The topological polar surface area (TPSA) is 29.1 Å². The Morgan fingerprint density at radius 2 is 1.91 bits per heavy atom. The third kappa shape index (κ3) is 5.00. The first-order valence-corrected chi connectivity index (χ1v) is 8.00. The molecular formula is C16H14ClF2NOS. The van der Waals surface area contributed by atoms with Gasteiger partial charge in [0.05, 0.1) is 0 Å². The number of hydrogen-bond donors (Lipinski definition) is 1. The van der Waals surface area contributed by atoms with Gasteiger partial charge in [0.2, 0.25) is 5.91 Å². The Labute approximate surface area is 136 Å². The van der Waals surface area contributed by atoms with Crippen molar-refractivity contribution in [2.45, 2.75) is 17.9 Å². The van der Waals surface area contributed by atoms with Gasteiger partial charge in [-0.25, -0.2) is 8.78 Å². The van der Waals surface area contributed by atoms with Crippen LogP contribution in [0.25, 0.3) is 0 Å². The molecule has 1 N–H and O–H groups in total. The van der Waals surface area contributed by atoms with E-state index in [1.165, 1.54) is 17.8 Å². The van der Waals surface area contributed by atoms with Gasteiger partial charge >= 0.3 is 0 Å². The van der Waals surface area contributed by atoms with Gasteiger partial charge in [0.25, 0.3) is 0 Å². The minimum absolute atomic E-state index is 0.116. The summed E-state index contributed by atoms with van der Waals surface area (Å²) in [5.74, 6) is -1.38. The zero-order valence-corrected chi connectivity index (χ0v) is 13.2. The van der Waals surface area contributed by atoms with Crippen LogP contribution >= 0.6 is 23.4 Å². The second kappa shape index (κ2) is 8.15. The summed E-state index contributed by atoms with van der Waals surface area (Å²) in [6, 6.07) is 11.0. The zero-order valence-electron chi connectivity index (χ0n) is 11.6. The van der Waals surface area contributed by atoms with E-state index in [2.05, 4.69) is 5.32 Å². The molecule has 0 aliphatic carbocycles. The quantitative estimate of drug-likeness (QED) is 0.788. The van der Waals surface area contributed by atoms with Gasteiger partial charge in [-0.05, 0) is 29.8 Å². The number of nitrogens with one attached hydrogen (secondary N) is 1. The minimum atomic E-state index is -0.881. The van der Waals surface area contributed by atoms with Gasteiger partial charge in [-0.15, -0.1) is 11.8 Å². The summed E-state index contributed by atoms with van der Waals surface area (Å²) in [7, 11) is 0. The molecule has 0 saturated heterocycles. The van der Waals surface area contributed by atoms with E-state index >= 15 is 0 Å². The monoisotopic (exact) mass is 341 g/mol. The number of amides is 1. The smallest absolute Gasteiger partial charge is 0.221 e. The SMILES string of the molecule is O=C(CCSc1ccc(F)c(F)c1)NCc1ccccc1Cl. The van der Waals surface area contributed by atoms with Crippen molar-refractivity contribution in [1.82, 2.24) is 5.32 Å². The van der Waals surface area contributed by atoms with Crippen LogP contribution in [0.4, 0.5) is 8.78 Å². The van der Waals surface area contributed by atoms with Crippen molar-refractivity contribution in [3.8, 4) is 0 Å². The maximum atomic E-state index is 13.0. The normalized spacial score (nSPS) is 10.5. The molecule has 0 bridgehead atoms. The largest absolute Gasteiger partial charge is 0.352 e. The summed E-state index contributed by atoms with van der Waals surface area (Å²) >= 11 is 7.30. The minimum Gasteiger partial charge on any atom is -0.352 e. The van der Waals surface area contributed by atoms with Gasteiger partial charge in [0.15, 0.2) is 11.6 Å². The summed E-state index contributed by atoms with van der Waals surface area (Å²) < 4.78 is 25.8. The Hall–Kier alpha value is -1.59. The van der Waals surface area contributed by atoms with Crippen LogP contribution in [-0.2, 0) is 11.3 Å². The molecule has 0 heterocycles. The van der Waals surface area contributed by atoms with Crippen LogP contribution in [0.15, 0.2) is 47.4 Å². The lowest BCUT2D eigenvalue weighted by molar-refractivity contribution is -0.120. The molecule has 0 saturated carbocycles. The number of thioether (sulfide) groups is 1. The van der Waals surface area contributed by atoms with Gasteiger partial charge in [-0.2, -0.15) is 0 Å². The van der Waals surface area contributed by atoms with E-state index < -0.39 is 11.6 Å². The Morgan fingerprint density at radius 1 is 1.14 bits per heavy atom. The molecule has 1 amide bonds. The fraction of sp³-hybridized carbons (Fsp3) is 0.188. The molecule has 2 aromatic rings. The highest BCUT2D eigenvalue weighted by atomic mass is 35.5. The third-order valence-corrected chi connectivity index (χ3v) is 4.29. The van der Waals surface area contributed by atoms with Crippen molar-refractivity contribution in [3.05, 3.63) is 64.7 Å².